The van der Waals surface area contributed by atoms with Gasteiger partial charge >= 0.3 is 0 Å². The molecule has 0 bridgehead atoms. The van der Waals surface area contributed by atoms with Gasteiger partial charge in [-0.1, -0.05) is 84.4 Å². The molecule has 1 aromatic heterocycles. The molecular formula is C22H36N2. The fourth-order valence-electron chi connectivity index (χ4n) is 2.24. The van der Waals surface area contributed by atoms with Crippen LogP contribution in [0.3, 0.4) is 0 Å². The number of fused-ring (bicyclic) bond motifs is 1. The van der Waals surface area contributed by atoms with Crippen LogP contribution in [0.1, 0.15) is 60.8 Å². The molecule has 2 heteroatoms. The number of nitrogens with zero attached hydrogens (tertiary/aromatic N) is 1. The second kappa shape index (κ2) is 12.3. The number of nitrogens with one attached hydrogen (secondary N) is 1. The van der Waals surface area contributed by atoms with E-state index >= 15 is 0 Å². The molecule has 3 rings (SSSR count). The molecule has 0 saturated heterocycles. The van der Waals surface area contributed by atoms with Crippen LogP contribution in [0.5, 0.6) is 0 Å². The first-order chi connectivity index (χ1) is 11.7. The molecule has 134 valence electrons. The topological polar surface area (TPSA) is 28.7 Å². The van der Waals surface area contributed by atoms with Gasteiger partial charge < -0.3 is 4.98 Å². The highest BCUT2D eigenvalue weighted by Crippen LogP contribution is 2.29. The van der Waals surface area contributed by atoms with Crippen molar-refractivity contribution in [3.05, 3.63) is 54.0 Å². The standard InChI is InChI=1S/C15H14N2.C3H8.2C2H6.H2/c1-10-7-8-14(15-9-16-11(2)17-15)13-6-4-3-5-12(10)13;1-3-2;2*1-2;/h3-9H,1-2H3,(H,16,17);3H2,1-2H3;2*1-2H3;1H. The summed E-state index contributed by atoms with van der Waals surface area (Å²) in [6.07, 6.45) is 3.15. The van der Waals surface area contributed by atoms with Crippen LogP contribution in [-0.2, 0) is 0 Å². The van der Waals surface area contributed by atoms with E-state index in [1.54, 1.807) is 0 Å². The summed E-state index contributed by atoms with van der Waals surface area (Å²) in [5.74, 6) is 0.949. The van der Waals surface area contributed by atoms with Crippen LogP contribution in [0.2, 0.25) is 0 Å². The molecule has 3 aromatic rings. The Bertz CT molecular complexity index is 702. The summed E-state index contributed by atoms with van der Waals surface area (Å²) < 4.78 is 0. The summed E-state index contributed by atoms with van der Waals surface area (Å²) in [5, 5.41) is 2.58. The van der Waals surface area contributed by atoms with Gasteiger partial charge in [0.1, 0.15) is 5.82 Å². The Balaban J connectivity index is 0. The minimum atomic E-state index is 0. The van der Waals surface area contributed by atoms with Crippen LogP contribution in [0.15, 0.2) is 42.6 Å². The van der Waals surface area contributed by atoms with Crippen molar-refractivity contribution in [1.82, 2.24) is 9.97 Å². The highest BCUT2D eigenvalue weighted by Gasteiger charge is 2.06. The molecule has 0 saturated carbocycles. The lowest BCUT2D eigenvalue weighted by Gasteiger charge is -2.07. The SMILES string of the molecule is CC.CC.CCC.Cc1ncc(-c2ccc(C)c3ccccc23)[nH]1.[HH]. The third-order valence-electron chi connectivity index (χ3n) is 3.14. The Morgan fingerprint density at radius 3 is 1.92 bits per heavy atom. The lowest BCUT2D eigenvalue weighted by molar-refractivity contribution is 1.09. The molecule has 0 radical (unpaired) electrons. The number of rotatable bonds is 1. The summed E-state index contributed by atoms with van der Waals surface area (Å²) in [4.78, 5) is 7.56. The first-order valence-corrected chi connectivity index (χ1v) is 9.17. The van der Waals surface area contributed by atoms with Crippen LogP contribution in [0, 0.1) is 13.8 Å². The zero-order valence-corrected chi connectivity index (χ0v) is 16.7. The van der Waals surface area contributed by atoms with Gasteiger partial charge in [-0.3, -0.25) is 0 Å². The van der Waals surface area contributed by atoms with Gasteiger partial charge in [-0.25, -0.2) is 4.98 Å². The predicted molar refractivity (Wildman–Crippen MR) is 112 cm³/mol. The van der Waals surface area contributed by atoms with E-state index in [-0.39, 0.29) is 1.43 Å². The van der Waals surface area contributed by atoms with Crippen molar-refractivity contribution in [3.63, 3.8) is 0 Å². The summed E-state index contributed by atoms with van der Waals surface area (Å²) in [5.41, 5.74) is 3.60. The first-order valence-electron chi connectivity index (χ1n) is 9.17. The Kier molecular flexibility index (Phi) is 11.3. The van der Waals surface area contributed by atoms with Crippen molar-refractivity contribution in [2.24, 2.45) is 0 Å². The number of aromatic nitrogens is 2. The first kappa shape index (κ1) is 21.9. The average Bonchev–Trinajstić information content (AvgIpc) is 3.06. The van der Waals surface area contributed by atoms with E-state index in [2.05, 4.69) is 67.1 Å². The smallest absolute Gasteiger partial charge is 0.103 e. The number of H-pyrrole nitrogens is 1. The molecule has 0 aliphatic carbocycles. The molecule has 2 aromatic carbocycles. The Morgan fingerprint density at radius 2 is 1.42 bits per heavy atom. The molecular weight excluding hydrogens is 292 g/mol. The lowest BCUT2D eigenvalue weighted by atomic mass is 9.99. The lowest BCUT2D eigenvalue weighted by Crippen LogP contribution is -1.84. The summed E-state index contributed by atoms with van der Waals surface area (Å²) in [7, 11) is 0. The van der Waals surface area contributed by atoms with E-state index in [4.69, 9.17) is 0 Å². The highest BCUT2D eigenvalue weighted by molar-refractivity contribution is 5.97. The average molecular weight is 329 g/mol. The van der Waals surface area contributed by atoms with Gasteiger partial charge in [-0.05, 0) is 30.2 Å². The molecule has 2 nitrogen and oxygen atoms in total. The molecule has 1 heterocycles. The van der Waals surface area contributed by atoms with Crippen LogP contribution in [-0.4, -0.2) is 9.97 Å². The number of imidazole rings is 1. The molecule has 0 aliphatic rings. The summed E-state index contributed by atoms with van der Waals surface area (Å²) in [6.45, 7) is 16.4. The normalized spacial score (nSPS) is 9.00. The maximum atomic E-state index is 4.27. The van der Waals surface area contributed by atoms with Gasteiger partial charge in [0.2, 0.25) is 0 Å². The molecule has 0 atom stereocenters. The van der Waals surface area contributed by atoms with Crippen molar-refractivity contribution in [1.29, 1.82) is 0 Å². The van der Waals surface area contributed by atoms with E-state index < -0.39 is 0 Å². The minimum Gasteiger partial charge on any atom is -0.342 e. The van der Waals surface area contributed by atoms with Crippen LogP contribution >= 0.6 is 0 Å². The fraction of sp³-hybridized carbons (Fsp3) is 0.409. The van der Waals surface area contributed by atoms with Gasteiger partial charge in [0.25, 0.3) is 0 Å². The van der Waals surface area contributed by atoms with E-state index in [1.165, 1.54) is 28.3 Å². The van der Waals surface area contributed by atoms with Crippen molar-refractivity contribution < 1.29 is 1.43 Å². The van der Waals surface area contributed by atoms with Gasteiger partial charge in [-0.2, -0.15) is 0 Å². The van der Waals surface area contributed by atoms with Crippen molar-refractivity contribution in [3.8, 4) is 11.3 Å². The van der Waals surface area contributed by atoms with Gasteiger partial charge in [0.15, 0.2) is 0 Å². The maximum absolute atomic E-state index is 4.27. The molecule has 0 spiro atoms. The molecule has 24 heavy (non-hydrogen) atoms. The summed E-state index contributed by atoms with van der Waals surface area (Å²) in [6, 6.07) is 12.8. The number of hydrogen-bond donors (Lipinski definition) is 1. The van der Waals surface area contributed by atoms with E-state index in [0.717, 1.165) is 11.5 Å². The van der Waals surface area contributed by atoms with Crippen LogP contribution < -0.4 is 0 Å². The molecule has 1 N–H and O–H groups in total. The second-order valence-corrected chi connectivity index (χ2v) is 5.06. The maximum Gasteiger partial charge on any atom is 0.103 e. The van der Waals surface area contributed by atoms with E-state index in [1.807, 2.05) is 40.8 Å². The number of hydrogen-bond acceptors (Lipinski definition) is 1. The van der Waals surface area contributed by atoms with Crippen molar-refractivity contribution in [2.75, 3.05) is 0 Å². The number of aromatic amines is 1. The van der Waals surface area contributed by atoms with Crippen LogP contribution in [0.4, 0.5) is 0 Å². The fourth-order valence-corrected chi connectivity index (χ4v) is 2.24. The summed E-state index contributed by atoms with van der Waals surface area (Å²) >= 11 is 0. The Morgan fingerprint density at radius 1 is 0.875 bits per heavy atom. The quantitative estimate of drug-likeness (QED) is 0.490. The highest BCUT2D eigenvalue weighted by atomic mass is 14.9. The third kappa shape index (κ3) is 5.84. The zero-order chi connectivity index (χ0) is 18.5. The minimum absolute atomic E-state index is 0. The molecule has 0 unspecified atom stereocenters. The third-order valence-corrected chi connectivity index (χ3v) is 3.14. The van der Waals surface area contributed by atoms with Gasteiger partial charge in [0, 0.05) is 6.99 Å². The Labute approximate surface area is 149 Å². The molecule has 0 fully saturated rings. The van der Waals surface area contributed by atoms with Crippen molar-refractivity contribution >= 4 is 10.8 Å². The zero-order valence-electron chi connectivity index (χ0n) is 16.7. The van der Waals surface area contributed by atoms with E-state index in [0.29, 0.717) is 0 Å². The number of benzene rings is 2. The van der Waals surface area contributed by atoms with Crippen molar-refractivity contribution in [2.45, 2.75) is 61.8 Å². The second-order valence-electron chi connectivity index (χ2n) is 5.06. The van der Waals surface area contributed by atoms with E-state index in [9.17, 15) is 0 Å². The molecule has 0 aliphatic heterocycles. The molecule has 0 amide bonds. The predicted octanol–water partition coefficient (Wildman–Crippen LogP) is 7.56. The Hall–Kier alpha value is -2.09. The van der Waals surface area contributed by atoms with Gasteiger partial charge in [-0.15, -0.1) is 0 Å². The monoisotopic (exact) mass is 328 g/mol. The van der Waals surface area contributed by atoms with Gasteiger partial charge in [0.05, 0.1) is 11.9 Å². The number of aryl methyl sites for hydroxylation is 2. The van der Waals surface area contributed by atoms with Crippen LogP contribution in [0.25, 0.3) is 22.0 Å². The largest absolute Gasteiger partial charge is 0.342 e.